The molecule has 1 heterocycles. The second kappa shape index (κ2) is 6.00. The molecule has 1 saturated carbocycles. The first-order chi connectivity index (χ1) is 8.76. The highest BCUT2D eigenvalue weighted by atomic mass is 16.5. The maximum absolute atomic E-state index is 12.2. The average molecular weight is 251 g/mol. The maximum atomic E-state index is 12.2. The Morgan fingerprint density at radius 2 is 2.28 bits per heavy atom. The number of carbonyl (C=O) groups excluding carboxylic acids is 1. The van der Waals surface area contributed by atoms with Gasteiger partial charge in [-0.2, -0.15) is 5.10 Å². The number of aromatic nitrogens is 2. The van der Waals surface area contributed by atoms with Crippen LogP contribution in [0.3, 0.4) is 0 Å². The number of Topliss-reactive ketones (excluding diaryl/α,β-unsaturated/α-hetero) is 1. The van der Waals surface area contributed by atoms with Crippen molar-refractivity contribution in [1.29, 1.82) is 0 Å². The summed E-state index contributed by atoms with van der Waals surface area (Å²) in [6, 6.07) is 0.498. The van der Waals surface area contributed by atoms with Crippen molar-refractivity contribution in [3.05, 3.63) is 11.9 Å². The molecule has 1 aliphatic carbocycles. The van der Waals surface area contributed by atoms with Crippen molar-refractivity contribution >= 4 is 5.78 Å². The van der Waals surface area contributed by atoms with Crippen LogP contribution in [0.1, 0.15) is 43.1 Å². The minimum Gasteiger partial charge on any atom is -0.493 e. The fourth-order valence-corrected chi connectivity index (χ4v) is 2.49. The highest BCUT2D eigenvalue weighted by Gasteiger charge is 2.21. The van der Waals surface area contributed by atoms with Gasteiger partial charge in [0, 0.05) is 12.6 Å². The number of ketones is 1. The lowest BCUT2D eigenvalue weighted by Crippen LogP contribution is -2.32. The van der Waals surface area contributed by atoms with Crippen molar-refractivity contribution < 1.29 is 9.53 Å². The van der Waals surface area contributed by atoms with E-state index in [-0.39, 0.29) is 5.78 Å². The fourth-order valence-electron chi connectivity index (χ4n) is 2.49. The third kappa shape index (κ3) is 2.72. The molecule has 100 valence electrons. The van der Waals surface area contributed by atoms with Crippen LogP contribution in [-0.4, -0.2) is 35.3 Å². The van der Waals surface area contributed by atoms with Gasteiger partial charge in [-0.15, -0.1) is 0 Å². The first kappa shape index (κ1) is 13.1. The molecule has 0 bridgehead atoms. The van der Waals surface area contributed by atoms with Crippen molar-refractivity contribution in [2.45, 2.75) is 45.2 Å². The van der Waals surface area contributed by atoms with Gasteiger partial charge in [-0.3, -0.25) is 9.48 Å². The van der Waals surface area contributed by atoms with Crippen LogP contribution < -0.4 is 10.1 Å². The standard InChI is InChI=1S/C13H21N3O2/c1-3-16-13(12(18-2)9-15-16)11(17)8-14-10-6-4-5-7-10/h9-10,14H,3-8H2,1-2H3. The van der Waals surface area contributed by atoms with E-state index in [4.69, 9.17) is 4.74 Å². The van der Waals surface area contributed by atoms with E-state index in [1.165, 1.54) is 25.7 Å². The summed E-state index contributed by atoms with van der Waals surface area (Å²) in [7, 11) is 1.57. The van der Waals surface area contributed by atoms with Gasteiger partial charge in [-0.1, -0.05) is 12.8 Å². The molecule has 0 saturated heterocycles. The van der Waals surface area contributed by atoms with Crippen molar-refractivity contribution in [2.75, 3.05) is 13.7 Å². The highest BCUT2D eigenvalue weighted by Crippen LogP contribution is 2.20. The number of aryl methyl sites for hydroxylation is 1. The summed E-state index contributed by atoms with van der Waals surface area (Å²) in [5, 5.41) is 7.48. The Morgan fingerprint density at radius 1 is 1.56 bits per heavy atom. The summed E-state index contributed by atoms with van der Waals surface area (Å²) < 4.78 is 6.88. The van der Waals surface area contributed by atoms with Crippen LogP contribution in [-0.2, 0) is 6.54 Å². The van der Waals surface area contributed by atoms with Gasteiger partial charge in [0.25, 0.3) is 0 Å². The third-order valence-electron chi connectivity index (χ3n) is 3.50. The summed E-state index contributed by atoms with van der Waals surface area (Å²) in [5.74, 6) is 0.619. The maximum Gasteiger partial charge on any atom is 0.198 e. The Morgan fingerprint density at radius 3 is 2.89 bits per heavy atom. The zero-order valence-electron chi connectivity index (χ0n) is 11.1. The van der Waals surface area contributed by atoms with E-state index in [0.717, 1.165) is 0 Å². The Labute approximate surface area is 108 Å². The summed E-state index contributed by atoms with van der Waals surface area (Å²) in [6.45, 7) is 3.01. The number of hydrogen-bond donors (Lipinski definition) is 1. The molecular formula is C13H21N3O2. The first-order valence-electron chi connectivity index (χ1n) is 6.62. The molecule has 0 radical (unpaired) electrons. The molecular weight excluding hydrogens is 230 g/mol. The quantitative estimate of drug-likeness (QED) is 0.781. The van der Waals surface area contributed by atoms with Crippen LogP contribution in [0.25, 0.3) is 0 Å². The van der Waals surface area contributed by atoms with Crippen molar-refractivity contribution in [3.63, 3.8) is 0 Å². The number of hydrogen-bond acceptors (Lipinski definition) is 4. The van der Waals surface area contributed by atoms with Crippen LogP contribution in [0.4, 0.5) is 0 Å². The van der Waals surface area contributed by atoms with Gasteiger partial charge in [0.15, 0.2) is 11.5 Å². The number of nitrogens with one attached hydrogen (secondary N) is 1. The lowest BCUT2D eigenvalue weighted by atomic mass is 10.2. The van der Waals surface area contributed by atoms with Crippen molar-refractivity contribution in [3.8, 4) is 5.75 Å². The topological polar surface area (TPSA) is 56.2 Å². The monoisotopic (exact) mass is 251 g/mol. The van der Waals surface area contributed by atoms with Crippen molar-refractivity contribution in [2.24, 2.45) is 0 Å². The van der Waals surface area contributed by atoms with E-state index >= 15 is 0 Å². The van der Waals surface area contributed by atoms with Gasteiger partial charge in [0.05, 0.1) is 19.9 Å². The average Bonchev–Trinajstić information content (AvgIpc) is 3.04. The molecule has 1 aromatic rings. The molecule has 5 heteroatoms. The molecule has 1 aromatic heterocycles. The number of carbonyl (C=O) groups is 1. The van der Waals surface area contributed by atoms with Gasteiger partial charge >= 0.3 is 0 Å². The Balaban J connectivity index is 2.00. The second-order valence-electron chi connectivity index (χ2n) is 4.66. The van der Waals surface area contributed by atoms with E-state index < -0.39 is 0 Å². The molecule has 1 aliphatic rings. The normalized spacial score (nSPS) is 16.1. The number of ether oxygens (including phenoxy) is 1. The van der Waals surface area contributed by atoms with Crippen LogP contribution in [0.15, 0.2) is 6.20 Å². The zero-order valence-corrected chi connectivity index (χ0v) is 11.1. The minimum atomic E-state index is 0.0538. The second-order valence-corrected chi connectivity index (χ2v) is 4.66. The fraction of sp³-hybridized carbons (Fsp3) is 0.692. The van der Waals surface area contributed by atoms with Crippen LogP contribution in [0, 0.1) is 0 Å². The molecule has 0 unspecified atom stereocenters. The smallest absolute Gasteiger partial charge is 0.198 e. The molecule has 18 heavy (non-hydrogen) atoms. The molecule has 0 aromatic carbocycles. The molecule has 2 rings (SSSR count). The summed E-state index contributed by atoms with van der Waals surface area (Å²) in [6.07, 6.45) is 6.49. The van der Waals surface area contributed by atoms with Crippen molar-refractivity contribution in [1.82, 2.24) is 15.1 Å². The van der Waals surface area contributed by atoms with Gasteiger partial charge in [-0.25, -0.2) is 0 Å². The zero-order chi connectivity index (χ0) is 13.0. The summed E-state index contributed by atoms with van der Waals surface area (Å²) in [5.41, 5.74) is 0.575. The van der Waals surface area contributed by atoms with Gasteiger partial charge in [0.2, 0.25) is 0 Å². The Bertz CT molecular complexity index is 387. The molecule has 5 nitrogen and oxygen atoms in total. The van der Waals surface area contributed by atoms with Crippen LogP contribution in [0.2, 0.25) is 0 Å². The largest absolute Gasteiger partial charge is 0.493 e. The third-order valence-corrected chi connectivity index (χ3v) is 3.50. The first-order valence-corrected chi connectivity index (χ1v) is 6.62. The summed E-state index contributed by atoms with van der Waals surface area (Å²) in [4.78, 5) is 12.2. The van der Waals surface area contributed by atoms with Gasteiger partial charge in [0.1, 0.15) is 5.69 Å². The van der Waals surface area contributed by atoms with Crippen LogP contribution in [0.5, 0.6) is 5.75 Å². The Kier molecular flexibility index (Phi) is 4.36. The SMILES string of the molecule is CCn1ncc(OC)c1C(=O)CNC1CCCC1. The van der Waals surface area contributed by atoms with E-state index in [9.17, 15) is 4.79 Å². The van der Waals surface area contributed by atoms with Crippen LogP contribution >= 0.6 is 0 Å². The van der Waals surface area contributed by atoms with E-state index in [0.29, 0.717) is 30.6 Å². The molecule has 0 atom stereocenters. The molecule has 0 spiro atoms. The lowest BCUT2D eigenvalue weighted by molar-refractivity contribution is 0.0974. The molecule has 1 N–H and O–H groups in total. The highest BCUT2D eigenvalue weighted by molar-refractivity contribution is 5.98. The molecule has 1 fully saturated rings. The van der Waals surface area contributed by atoms with Gasteiger partial charge in [-0.05, 0) is 19.8 Å². The lowest BCUT2D eigenvalue weighted by Gasteiger charge is -2.12. The molecule has 0 aliphatic heterocycles. The predicted octanol–water partition coefficient (Wildman–Crippen LogP) is 1.63. The predicted molar refractivity (Wildman–Crippen MR) is 69.0 cm³/mol. The van der Waals surface area contributed by atoms with Gasteiger partial charge < -0.3 is 10.1 Å². The van der Waals surface area contributed by atoms with E-state index in [2.05, 4.69) is 10.4 Å². The number of nitrogens with zero attached hydrogens (tertiary/aromatic N) is 2. The Hall–Kier alpha value is -1.36. The van der Waals surface area contributed by atoms with E-state index in [1.807, 2.05) is 6.92 Å². The minimum absolute atomic E-state index is 0.0538. The molecule has 0 amide bonds. The number of methoxy groups -OCH3 is 1. The number of rotatable bonds is 6. The van der Waals surface area contributed by atoms with E-state index in [1.54, 1.807) is 18.0 Å². The summed E-state index contributed by atoms with van der Waals surface area (Å²) >= 11 is 0.